The molecule has 0 radical (unpaired) electrons. The molecule has 3 rings (SSSR count). The van der Waals surface area contributed by atoms with Crippen LogP contribution in [0.25, 0.3) is 21.9 Å². The molecule has 0 heterocycles. The number of halogens is 5. The molecule has 0 spiro atoms. The van der Waals surface area contributed by atoms with Crippen molar-refractivity contribution in [2.45, 2.75) is 45.4 Å². The molecule has 3 aromatic carbocycles. The molecule has 0 atom stereocenters. The maximum Gasteiger partial charge on any atom is 0.195 e. The molecule has 0 unspecified atom stereocenters. The highest BCUT2D eigenvalue weighted by atomic mass is 19.2. The van der Waals surface area contributed by atoms with Crippen molar-refractivity contribution in [1.82, 2.24) is 0 Å². The van der Waals surface area contributed by atoms with Gasteiger partial charge in [-0.2, -0.15) is 0 Å². The van der Waals surface area contributed by atoms with Crippen molar-refractivity contribution in [3.63, 3.8) is 0 Å². The Morgan fingerprint density at radius 3 is 2.14 bits per heavy atom. The van der Waals surface area contributed by atoms with Crippen molar-refractivity contribution in [2.24, 2.45) is 0 Å². The van der Waals surface area contributed by atoms with Crippen molar-refractivity contribution in [1.29, 1.82) is 0 Å². The highest BCUT2D eigenvalue weighted by Gasteiger charge is 2.18. The summed E-state index contributed by atoms with van der Waals surface area (Å²) in [5.41, 5.74) is 1.11. The number of fused-ring (bicyclic) bond motifs is 1. The van der Waals surface area contributed by atoms with Gasteiger partial charge in [-0.1, -0.05) is 44.7 Å². The lowest BCUT2D eigenvalue weighted by atomic mass is 9.97. The Labute approximate surface area is 161 Å². The zero-order chi connectivity index (χ0) is 20.3. The molecule has 0 aliphatic rings. The molecular formula is C23H21F5. The summed E-state index contributed by atoms with van der Waals surface area (Å²) in [7, 11) is 0. The molecule has 0 bridgehead atoms. The van der Waals surface area contributed by atoms with Crippen LogP contribution < -0.4 is 0 Å². The Morgan fingerprint density at radius 2 is 1.43 bits per heavy atom. The maximum absolute atomic E-state index is 14.6. The van der Waals surface area contributed by atoms with Crippen molar-refractivity contribution in [3.05, 3.63) is 71.0 Å². The molecule has 0 amide bonds. The first-order valence-corrected chi connectivity index (χ1v) is 9.48. The standard InChI is InChI=1S/C23H21F5/c1-2-3-4-5-6-7-14-8-9-17(18(24)10-14)15-11-16-13-20(26)22(27)23(28)21(16)19(25)12-15/h8-13H,2-7H2,1H3. The molecule has 0 saturated heterocycles. The molecule has 28 heavy (non-hydrogen) atoms. The van der Waals surface area contributed by atoms with Crippen LogP contribution in [-0.2, 0) is 6.42 Å². The zero-order valence-corrected chi connectivity index (χ0v) is 15.6. The highest BCUT2D eigenvalue weighted by Crippen LogP contribution is 2.32. The number of rotatable bonds is 7. The van der Waals surface area contributed by atoms with Gasteiger partial charge in [0.1, 0.15) is 11.6 Å². The van der Waals surface area contributed by atoms with Gasteiger partial charge in [0.2, 0.25) is 0 Å². The number of aryl methyl sites for hydroxylation is 1. The molecule has 0 nitrogen and oxygen atoms in total. The zero-order valence-electron chi connectivity index (χ0n) is 15.6. The average molecular weight is 392 g/mol. The third kappa shape index (κ3) is 4.18. The van der Waals surface area contributed by atoms with Crippen LogP contribution in [0, 0.1) is 29.1 Å². The van der Waals surface area contributed by atoms with Gasteiger partial charge in [-0.3, -0.25) is 0 Å². The molecule has 3 aromatic rings. The molecule has 0 fully saturated rings. The highest BCUT2D eigenvalue weighted by molar-refractivity contribution is 5.88. The van der Waals surface area contributed by atoms with Crippen molar-refractivity contribution in [2.75, 3.05) is 0 Å². The van der Waals surface area contributed by atoms with E-state index >= 15 is 0 Å². The fourth-order valence-corrected chi connectivity index (χ4v) is 3.42. The second kappa shape index (κ2) is 8.72. The van der Waals surface area contributed by atoms with Gasteiger partial charge in [-0.15, -0.1) is 0 Å². The van der Waals surface area contributed by atoms with Crippen LogP contribution in [0.1, 0.15) is 44.6 Å². The van der Waals surface area contributed by atoms with E-state index in [0.717, 1.165) is 43.7 Å². The van der Waals surface area contributed by atoms with Gasteiger partial charge < -0.3 is 0 Å². The number of hydrogen-bond donors (Lipinski definition) is 0. The van der Waals surface area contributed by atoms with E-state index in [0.29, 0.717) is 6.07 Å². The van der Waals surface area contributed by atoms with Gasteiger partial charge >= 0.3 is 0 Å². The summed E-state index contributed by atoms with van der Waals surface area (Å²) in [6, 6.07) is 7.62. The van der Waals surface area contributed by atoms with Crippen LogP contribution >= 0.6 is 0 Å². The van der Waals surface area contributed by atoms with E-state index < -0.39 is 34.5 Å². The van der Waals surface area contributed by atoms with E-state index in [1.54, 1.807) is 6.07 Å². The van der Waals surface area contributed by atoms with E-state index in [-0.39, 0.29) is 16.5 Å². The molecule has 0 aliphatic carbocycles. The van der Waals surface area contributed by atoms with Crippen molar-refractivity contribution < 1.29 is 22.0 Å². The molecule has 0 aromatic heterocycles. The lowest BCUT2D eigenvalue weighted by molar-refractivity contribution is 0.451. The second-order valence-corrected chi connectivity index (χ2v) is 7.02. The van der Waals surface area contributed by atoms with Crippen LogP contribution in [-0.4, -0.2) is 0 Å². The average Bonchev–Trinajstić information content (AvgIpc) is 2.65. The first-order valence-electron chi connectivity index (χ1n) is 9.48. The van der Waals surface area contributed by atoms with E-state index in [2.05, 4.69) is 6.92 Å². The molecule has 5 heteroatoms. The number of unbranched alkanes of at least 4 members (excludes halogenated alkanes) is 4. The lowest BCUT2D eigenvalue weighted by Crippen LogP contribution is -1.96. The normalized spacial score (nSPS) is 11.4. The van der Waals surface area contributed by atoms with Crippen LogP contribution in [0.4, 0.5) is 22.0 Å². The molecule has 148 valence electrons. The largest absolute Gasteiger partial charge is 0.206 e. The molecule has 0 aliphatic heterocycles. The van der Waals surface area contributed by atoms with Gasteiger partial charge in [0.25, 0.3) is 0 Å². The number of hydrogen-bond acceptors (Lipinski definition) is 0. The minimum Gasteiger partial charge on any atom is -0.206 e. The Morgan fingerprint density at radius 1 is 0.679 bits per heavy atom. The van der Waals surface area contributed by atoms with Crippen LogP contribution in [0.15, 0.2) is 36.4 Å². The fourth-order valence-electron chi connectivity index (χ4n) is 3.42. The van der Waals surface area contributed by atoms with Gasteiger partial charge in [0.05, 0.1) is 5.39 Å². The first-order chi connectivity index (χ1) is 13.4. The molecular weight excluding hydrogens is 371 g/mol. The smallest absolute Gasteiger partial charge is 0.195 e. The topological polar surface area (TPSA) is 0 Å². The Balaban J connectivity index is 1.89. The predicted molar refractivity (Wildman–Crippen MR) is 102 cm³/mol. The maximum atomic E-state index is 14.6. The SMILES string of the molecule is CCCCCCCc1ccc(-c2cc(F)c3c(F)c(F)c(F)cc3c2)c(F)c1. The van der Waals surface area contributed by atoms with E-state index in [1.165, 1.54) is 24.6 Å². The van der Waals surface area contributed by atoms with Gasteiger partial charge in [0, 0.05) is 5.56 Å². The molecule has 0 N–H and O–H groups in total. The van der Waals surface area contributed by atoms with Gasteiger partial charge in [-0.25, -0.2) is 22.0 Å². The summed E-state index contributed by atoms with van der Waals surface area (Å²) in [5, 5.41) is -0.808. The minimum atomic E-state index is -1.73. The third-order valence-corrected chi connectivity index (χ3v) is 4.94. The van der Waals surface area contributed by atoms with Gasteiger partial charge in [0.15, 0.2) is 17.5 Å². The third-order valence-electron chi connectivity index (χ3n) is 4.94. The first kappa shape index (κ1) is 20.3. The fraction of sp³-hybridized carbons (Fsp3) is 0.304. The minimum absolute atomic E-state index is 0.126. The second-order valence-electron chi connectivity index (χ2n) is 7.02. The predicted octanol–water partition coefficient (Wildman–Crippen LogP) is 7.72. The summed E-state index contributed by atoms with van der Waals surface area (Å²) in [6.45, 7) is 2.14. The van der Waals surface area contributed by atoms with Crippen molar-refractivity contribution >= 4 is 10.8 Å². The Bertz CT molecular complexity index is 994. The summed E-state index contributed by atoms with van der Waals surface area (Å²) in [6.07, 6.45) is 6.30. The van der Waals surface area contributed by atoms with Crippen LogP contribution in [0.2, 0.25) is 0 Å². The van der Waals surface area contributed by atoms with E-state index in [1.807, 2.05) is 0 Å². The summed E-state index contributed by atoms with van der Waals surface area (Å²) < 4.78 is 69.6. The monoisotopic (exact) mass is 392 g/mol. The summed E-state index contributed by atoms with van der Waals surface area (Å²) >= 11 is 0. The number of benzene rings is 3. The van der Waals surface area contributed by atoms with Crippen molar-refractivity contribution in [3.8, 4) is 11.1 Å². The summed E-state index contributed by atoms with van der Waals surface area (Å²) in [4.78, 5) is 0. The van der Waals surface area contributed by atoms with Gasteiger partial charge in [-0.05, 0) is 53.6 Å². The summed E-state index contributed by atoms with van der Waals surface area (Å²) in [5.74, 6) is -6.33. The van der Waals surface area contributed by atoms with E-state index in [4.69, 9.17) is 0 Å². The Hall–Kier alpha value is -2.43. The lowest BCUT2D eigenvalue weighted by Gasteiger charge is -2.10. The Kier molecular flexibility index (Phi) is 6.32. The van der Waals surface area contributed by atoms with Crippen LogP contribution in [0.5, 0.6) is 0 Å². The molecule has 0 saturated carbocycles. The van der Waals surface area contributed by atoms with Crippen LogP contribution in [0.3, 0.4) is 0 Å². The quantitative estimate of drug-likeness (QED) is 0.219. The van der Waals surface area contributed by atoms with E-state index in [9.17, 15) is 22.0 Å².